The Labute approximate surface area is 112 Å². The first kappa shape index (κ1) is 15.5. The van der Waals surface area contributed by atoms with Gasteiger partial charge >= 0.3 is 0 Å². The van der Waals surface area contributed by atoms with Gasteiger partial charge in [-0.15, -0.1) is 0 Å². The van der Waals surface area contributed by atoms with Crippen LogP contribution in [0.5, 0.6) is 0 Å². The highest BCUT2D eigenvalue weighted by molar-refractivity contribution is 5.78. The van der Waals surface area contributed by atoms with E-state index in [4.69, 9.17) is 5.73 Å². The molecule has 0 saturated heterocycles. The summed E-state index contributed by atoms with van der Waals surface area (Å²) in [5.41, 5.74) is 5.80. The van der Waals surface area contributed by atoms with E-state index >= 15 is 0 Å². The van der Waals surface area contributed by atoms with E-state index in [-0.39, 0.29) is 11.3 Å². The summed E-state index contributed by atoms with van der Waals surface area (Å²) in [6, 6.07) is 0. The van der Waals surface area contributed by atoms with Crippen LogP contribution in [0.15, 0.2) is 0 Å². The molecule has 1 saturated carbocycles. The van der Waals surface area contributed by atoms with Gasteiger partial charge in [-0.1, -0.05) is 39.5 Å². The minimum absolute atomic E-state index is 0.0242. The number of hydrogen-bond donors (Lipinski definition) is 1. The zero-order valence-corrected chi connectivity index (χ0v) is 12.4. The predicted octanol–water partition coefficient (Wildman–Crippen LogP) is 2.79. The molecule has 1 amide bonds. The molecule has 3 heteroatoms. The molecule has 3 nitrogen and oxygen atoms in total. The summed E-state index contributed by atoms with van der Waals surface area (Å²) in [5, 5.41) is 0. The number of amides is 1. The van der Waals surface area contributed by atoms with E-state index in [0.29, 0.717) is 12.5 Å². The van der Waals surface area contributed by atoms with Crippen molar-refractivity contribution < 1.29 is 4.79 Å². The van der Waals surface area contributed by atoms with Gasteiger partial charge in [-0.3, -0.25) is 4.79 Å². The van der Waals surface area contributed by atoms with Crippen LogP contribution in [0.3, 0.4) is 0 Å². The molecule has 0 spiro atoms. The Hall–Kier alpha value is -0.570. The predicted molar refractivity (Wildman–Crippen MR) is 76.3 cm³/mol. The second-order valence-corrected chi connectivity index (χ2v) is 6.41. The number of rotatable bonds is 5. The fourth-order valence-corrected chi connectivity index (χ4v) is 2.71. The summed E-state index contributed by atoms with van der Waals surface area (Å²) in [6.45, 7) is 8.56. The van der Waals surface area contributed by atoms with Gasteiger partial charge in [0.1, 0.15) is 0 Å². The van der Waals surface area contributed by atoms with Crippen LogP contribution in [0, 0.1) is 11.3 Å². The van der Waals surface area contributed by atoms with Gasteiger partial charge in [0.2, 0.25) is 5.91 Å². The Balaban J connectivity index is 2.60. The lowest BCUT2D eigenvalue weighted by molar-refractivity contribution is -0.137. The van der Waals surface area contributed by atoms with Crippen molar-refractivity contribution in [1.82, 2.24) is 4.90 Å². The topological polar surface area (TPSA) is 46.3 Å². The lowest BCUT2D eigenvalue weighted by Crippen LogP contribution is -2.44. The van der Waals surface area contributed by atoms with Crippen molar-refractivity contribution in [1.29, 1.82) is 0 Å². The SMILES string of the molecule is CCN(CC(C)(C)CN)C(=O)C1CCCCCC1. The molecule has 0 unspecified atom stereocenters. The van der Waals surface area contributed by atoms with Crippen LogP contribution in [-0.2, 0) is 4.79 Å². The van der Waals surface area contributed by atoms with Gasteiger partial charge in [0, 0.05) is 19.0 Å². The summed E-state index contributed by atoms with van der Waals surface area (Å²) < 4.78 is 0. The van der Waals surface area contributed by atoms with E-state index in [2.05, 4.69) is 20.8 Å². The molecule has 1 aliphatic carbocycles. The Morgan fingerprint density at radius 2 is 1.78 bits per heavy atom. The maximum absolute atomic E-state index is 12.6. The average molecular weight is 254 g/mol. The van der Waals surface area contributed by atoms with E-state index in [1.807, 2.05) is 4.90 Å². The maximum atomic E-state index is 12.6. The van der Waals surface area contributed by atoms with Crippen molar-refractivity contribution in [2.45, 2.75) is 59.3 Å². The third-order valence-electron chi connectivity index (χ3n) is 4.07. The smallest absolute Gasteiger partial charge is 0.225 e. The van der Waals surface area contributed by atoms with Crippen LogP contribution in [0.2, 0.25) is 0 Å². The van der Waals surface area contributed by atoms with Gasteiger partial charge in [-0.05, 0) is 31.7 Å². The quantitative estimate of drug-likeness (QED) is 0.767. The first-order valence-electron chi connectivity index (χ1n) is 7.49. The number of carbonyl (C=O) groups is 1. The Morgan fingerprint density at radius 1 is 1.22 bits per heavy atom. The molecule has 0 bridgehead atoms. The molecule has 106 valence electrons. The van der Waals surface area contributed by atoms with Crippen LogP contribution in [0.25, 0.3) is 0 Å². The first-order valence-corrected chi connectivity index (χ1v) is 7.49. The second kappa shape index (κ2) is 7.13. The van der Waals surface area contributed by atoms with Gasteiger partial charge < -0.3 is 10.6 Å². The van der Waals surface area contributed by atoms with Gasteiger partial charge in [0.25, 0.3) is 0 Å². The zero-order chi connectivity index (χ0) is 13.6. The number of hydrogen-bond acceptors (Lipinski definition) is 2. The summed E-state index contributed by atoms with van der Waals surface area (Å²) in [6.07, 6.45) is 7.19. The maximum Gasteiger partial charge on any atom is 0.225 e. The van der Waals surface area contributed by atoms with Crippen molar-refractivity contribution in [3.05, 3.63) is 0 Å². The molecule has 0 aromatic heterocycles. The average Bonchev–Trinajstić information content (AvgIpc) is 2.64. The monoisotopic (exact) mass is 254 g/mol. The third-order valence-corrected chi connectivity index (χ3v) is 4.07. The molecule has 1 fully saturated rings. The molecule has 0 radical (unpaired) electrons. The zero-order valence-electron chi connectivity index (χ0n) is 12.4. The second-order valence-electron chi connectivity index (χ2n) is 6.41. The molecular formula is C15H30N2O. The van der Waals surface area contributed by atoms with Gasteiger partial charge in [-0.25, -0.2) is 0 Å². The van der Waals surface area contributed by atoms with Crippen molar-refractivity contribution in [3.8, 4) is 0 Å². The van der Waals surface area contributed by atoms with Crippen molar-refractivity contribution in [2.24, 2.45) is 17.1 Å². The summed E-state index contributed by atoms with van der Waals surface area (Å²) in [7, 11) is 0. The molecule has 0 aromatic rings. The highest BCUT2D eigenvalue weighted by Crippen LogP contribution is 2.26. The molecular weight excluding hydrogens is 224 g/mol. The van der Waals surface area contributed by atoms with E-state index in [0.717, 1.165) is 25.9 Å². The van der Waals surface area contributed by atoms with Crippen LogP contribution in [0.4, 0.5) is 0 Å². The Bertz CT molecular complexity index is 255. The Kier molecular flexibility index (Phi) is 6.13. The number of carbonyl (C=O) groups excluding carboxylic acids is 1. The minimum Gasteiger partial charge on any atom is -0.342 e. The third kappa shape index (κ3) is 4.60. The normalized spacial score (nSPS) is 18.4. The molecule has 0 heterocycles. The van der Waals surface area contributed by atoms with Crippen LogP contribution < -0.4 is 5.73 Å². The van der Waals surface area contributed by atoms with E-state index in [1.165, 1.54) is 25.7 Å². The molecule has 0 atom stereocenters. The number of nitrogens with zero attached hydrogens (tertiary/aromatic N) is 1. The lowest BCUT2D eigenvalue weighted by atomic mass is 9.91. The molecule has 0 aromatic carbocycles. The van der Waals surface area contributed by atoms with Crippen LogP contribution in [0.1, 0.15) is 59.3 Å². The van der Waals surface area contributed by atoms with Crippen molar-refractivity contribution in [2.75, 3.05) is 19.6 Å². The molecule has 1 aliphatic rings. The van der Waals surface area contributed by atoms with Gasteiger partial charge in [0.05, 0.1) is 0 Å². The fraction of sp³-hybridized carbons (Fsp3) is 0.933. The van der Waals surface area contributed by atoms with Crippen LogP contribution >= 0.6 is 0 Å². The lowest BCUT2D eigenvalue weighted by Gasteiger charge is -2.33. The van der Waals surface area contributed by atoms with E-state index in [9.17, 15) is 4.79 Å². The largest absolute Gasteiger partial charge is 0.342 e. The van der Waals surface area contributed by atoms with Gasteiger partial charge in [0.15, 0.2) is 0 Å². The summed E-state index contributed by atoms with van der Waals surface area (Å²) in [5.74, 6) is 0.627. The molecule has 1 rings (SSSR count). The fourth-order valence-electron chi connectivity index (χ4n) is 2.71. The van der Waals surface area contributed by atoms with Gasteiger partial charge in [-0.2, -0.15) is 0 Å². The van der Waals surface area contributed by atoms with Crippen molar-refractivity contribution in [3.63, 3.8) is 0 Å². The summed E-state index contributed by atoms with van der Waals surface area (Å²) >= 11 is 0. The molecule has 0 aliphatic heterocycles. The number of nitrogens with two attached hydrogens (primary N) is 1. The summed E-state index contributed by atoms with van der Waals surface area (Å²) in [4.78, 5) is 14.6. The standard InChI is InChI=1S/C15H30N2O/c1-4-17(12-15(2,3)11-16)14(18)13-9-7-5-6-8-10-13/h13H,4-12,16H2,1-3H3. The van der Waals surface area contributed by atoms with E-state index in [1.54, 1.807) is 0 Å². The first-order chi connectivity index (χ1) is 8.50. The Morgan fingerprint density at radius 3 is 2.22 bits per heavy atom. The van der Waals surface area contributed by atoms with E-state index < -0.39 is 0 Å². The minimum atomic E-state index is 0.0242. The highest BCUT2D eigenvalue weighted by atomic mass is 16.2. The van der Waals surface area contributed by atoms with Crippen LogP contribution in [-0.4, -0.2) is 30.4 Å². The molecule has 2 N–H and O–H groups in total. The highest BCUT2D eigenvalue weighted by Gasteiger charge is 2.28. The molecule has 18 heavy (non-hydrogen) atoms. The van der Waals surface area contributed by atoms with Crippen molar-refractivity contribution >= 4 is 5.91 Å².